The maximum Gasteiger partial charge on any atom is 0.158 e. The molecular formula is C10H13N5. The van der Waals surface area contributed by atoms with Crippen LogP contribution in [0.1, 0.15) is 5.82 Å². The SMILES string of the molecule is Cn1ccnc1-c1cnc2n1CCNC2. The van der Waals surface area contributed by atoms with Gasteiger partial charge in [0, 0.05) is 32.5 Å². The molecule has 0 radical (unpaired) electrons. The van der Waals surface area contributed by atoms with Crippen LogP contribution in [0.5, 0.6) is 0 Å². The summed E-state index contributed by atoms with van der Waals surface area (Å²) in [7, 11) is 2.00. The summed E-state index contributed by atoms with van der Waals surface area (Å²) in [5.74, 6) is 2.08. The zero-order valence-corrected chi connectivity index (χ0v) is 8.64. The highest BCUT2D eigenvalue weighted by atomic mass is 15.2. The van der Waals surface area contributed by atoms with E-state index >= 15 is 0 Å². The Kier molecular flexibility index (Phi) is 1.85. The molecule has 0 atom stereocenters. The van der Waals surface area contributed by atoms with Crippen LogP contribution in [0.3, 0.4) is 0 Å². The van der Waals surface area contributed by atoms with Gasteiger partial charge in [-0.15, -0.1) is 0 Å². The van der Waals surface area contributed by atoms with Crippen molar-refractivity contribution in [1.82, 2.24) is 24.4 Å². The fraction of sp³-hybridized carbons (Fsp3) is 0.400. The zero-order chi connectivity index (χ0) is 10.3. The first-order valence-electron chi connectivity index (χ1n) is 5.09. The Balaban J connectivity index is 2.13. The molecule has 0 aromatic carbocycles. The highest BCUT2D eigenvalue weighted by Gasteiger charge is 2.16. The Morgan fingerprint density at radius 3 is 3.13 bits per heavy atom. The lowest BCUT2D eigenvalue weighted by Crippen LogP contribution is -2.28. The van der Waals surface area contributed by atoms with Gasteiger partial charge in [-0.25, -0.2) is 9.97 Å². The highest BCUT2D eigenvalue weighted by molar-refractivity contribution is 5.50. The van der Waals surface area contributed by atoms with Gasteiger partial charge in [-0.1, -0.05) is 0 Å². The second-order valence-electron chi connectivity index (χ2n) is 3.75. The number of nitrogens with one attached hydrogen (secondary N) is 1. The van der Waals surface area contributed by atoms with Crippen LogP contribution in [-0.2, 0) is 20.1 Å². The molecule has 2 aromatic rings. The van der Waals surface area contributed by atoms with Gasteiger partial charge < -0.3 is 14.5 Å². The summed E-state index contributed by atoms with van der Waals surface area (Å²) in [4.78, 5) is 8.75. The van der Waals surface area contributed by atoms with Gasteiger partial charge in [-0.2, -0.15) is 0 Å². The van der Waals surface area contributed by atoms with Gasteiger partial charge in [0.2, 0.25) is 0 Å². The van der Waals surface area contributed by atoms with Gasteiger partial charge >= 0.3 is 0 Å². The molecule has 2 aromatic heterocycles. The lowest BCUT2D eigenvalue weighted by molar-refractivity contribution is 0.507. The van der Waals surface area contributed by atoms with Crippen molar-refractivity contribution in [2.75, 3.05) is 6.54 Å². The average molecular weight is 203 g/mol. The van der Waals surface area contributed by atoms with Crippen LogP contribution in [0.25, 0.3) is 11.5 Å². The minimum absolute atomic E-state index is 0.852. The third-order valence-corrected chi connectivity index (χ3v) is 2.78. The first kappa shape index (κ1) is 8.67. The van der Waals surface area contributed by atoms with Crippen LogP contribution < -0.4 is 5.32 Å². The molecule has 5 nitrogen and oxygen atoms in total. The normalized spacial score (nSPS) is 15.3. The Labute approximate surface area is 87.8 Å². The average Bonchev–Trinajstić information content (AvgIpc) is 2.83. The number of hydrogen-bond donors (Lipinski definition) is 1. The quantitative estimate of drug-likeness (QED) is 0.729. The van der Waals surface area contributed by atoms with E-state index in [-0.39, 0.29) is 0 Å². The molecule has 1 N–H and O–H groups in total. The van der Waals surface area contributed by atoms with Crippen molar-refractivity contribution in [3.63, 3.8) is 0 Å². The summed E-state index contributed by atoms with van der Waals surface area (Å²) in [6, 6.07) is 0. The van der Waals surface area contributed by atoms with Crippen molar-refractivity contribution in [2.24, 2.45) is 7.05 Å². The van der Waals surface area contributed by atoms with Gasteiger partial charge in [-0.3, -0.25) is 0 Å². The third kappa shape index (κ3) is 1.27. The molecule has 15 heavy (non-hydrogen) atoms. The van der Waals surface area contributed by atoms with E-state index in [0.717, 1.165) is 37.0 Å². The maximum atomic E-state index is 4.40. The molecule has 0 saturated carbocycles. The predicted molar refractivity (Wildman–Crippen MR) is 56.1 cm³/mol. The van der Waals surface area contributed by atoms with Crippen LogP contribution in [0.4, 0.5) is 0 Å². The summed E-state index contributed by atoms with van der Waals surface area (Å²) in [6.07, 6.45) is 5.68. The van der Waals surface area contributed by atoms with E-state index in [9.17, 15) is 0 Å². The first-order chi connectivity index (χ1) is 7.36. The van der Waals surface area contributed by atoms with E-state index in [0.29, 0.717) is 0 Å². The molecule has 3 heterocycles. The molecule has 5 heteroatoms. The fourth-order valence-corrected chi connectivity index (χ4v) is 1.99. The highest BCUT2D eigenvalue weighted by Crippen LogP contribution is 2.19. The van der Waals surface area contributed by atoms with Crippen molar-refractivity contribution < 1.29 is 0 Å². The van der Waals surface area contributed by atoms with E-state index in [4.69, 9.17) is 0 Å². The first-order valence-corrected chi connectivity index (χ1v) is 5.09. The summed E-state index contributed by atoms with van der Waals surface area (Å²) >= 11 is 0. The van der Waals surface area contributed by atoms with Crippen LogP contribution >= 0.6 is 0 Å². The number of hydrogen-bond acceptors (Lipinski definition) is 3. The smallest absolute Gasteiger partial charge is 0.158 e. The molecule has 0 saturated heterocycles. The number of aryl methyl sites for hydroxylation is 1. The van der Waals surface area contributed by atoms with E-state index in [1.165, 1.54) is 0 Å². The molecule has 0 aliphatic carbocycles. The zero-order valence-electron chi connectivity index (χ0n) is 8.64. The standard InChI is InChI=1S/C10H13N5/c1-14-4-3-12-10(14)8-6-13-9-7-11-2-5-15(8)9/h3-4,6,11H,2,5,7H2,1H3. The molecule has 0 bridgehead atoms. The van der Waals surface area contributed by atoms with Gasteiger partial charge in [0.25, 0.3) is 0 Å². The van der Waals surface area contributed by atoms with E-state index < -0.39 is 0 Å². The van der Waals surface area contributed by atoms with Gasteiger partial charge in [0.15, 0.2) is 5.82 Å². The Morgan fingerprint density at radius 2 is 2.33 bits per heavy atom. The molecule has 0 fully saturated rings. The number of nitrogens with zero attached hydrogens (tertiary/aromatic N) is 4. The number of fused-ring (bicyclic) bond motifs is 1. The topological polar surface area (TPSA) is 47.7 Å². The molecule has 0 amide bonds. The molecular weight excluding hydrogens is 190 g/mol. The van der Waals surface area contributed by atoms with Crippen LogP contribution in [0, 0.1) is 0 Å². The number of imidazole rings is 2. The van der Waals surface area contributed by atoms with Crippen molar-refractivity contribution in [3.05, 3.63) is 24.4 Å². The second-order valence-corrected chi connectivity index (χ2v) is 3.75. The predicted octanol–water partition coefficient (Wildman–Crippen LogP) is 0.387. The van der Waals surface area contributed by atoms with Crippen LogP contribution in [0.2, 0.25) is 0 Å². The van der Waals surface area contributed by atoms with E-state index in [1.54, 1.807) is 0 Å². The maximum absolute atomic E-state index is 4.40. The number of aromatic nitrogens is 4. The largest absolute Gasteiger partial charge is 0.333 e. The Hall–Kier alpha value is -1.62. The molecule has 0 unspecified atom stereocenters. The fourth-order valence-electron chi connectivity index (χ4n) is 1.99. The minimum atomic E-state index is 0.852. The van der Waals surface area contributed by atoms with Crippen LogP contribution in [-0.4, -0.2) is 25.6 Å². The molecule has 1 aliphatic heterocycles. The summed E-state index contributed by atoms with van der Waals surface area (Å²) in [5.41, 5.74) is 1.11. The molecule has 3 rings (SSSR count). The molecule has 1 aliphatic rings. The Bertz CT molecular complexity index is 482. The van der Waals surface area contributed by atoms with Crippen molar-refractivity contribution in [2.45, 2.75) is 13.1 Å². The van der Waals surface area contributed by atoms with Crippen LogP contribution in [0.15, 0.2) is 18.6 Å². The monoisotopic (exact) mass is 203 g/mol. The summed E-state index contributed by atoms with van der Waals surface area (Å²) < 4.78 is 4.26. The lowest BCUT2D eigenvalue weighted by Gasteiger charge is -2.17. The third-order valence-electron chi connectivity index (χ3n) is 2.78. The minimum Gasteiger partial charge on any atom is -0.333 e. The lowest BCUT2D eigenvalue weighted by atomic mass is 10.3. The van der Waals surface area contributed by atoms with E-state index in [1.807, 2.05) is 30.2 Å². The Morgan fingerprint density at radius 1 is 1.40 bits per heavy atom. The summed E-state index contributed by atoms with van der Waals surface area (Å²) in [6.45, 7) is 2.82. The van der Waals surface area contributed by atoms with Gasteiger partial charge in [0.05, 0.1) is 12.7 Å². The summed E-state index contributed by atoms with van der Waals surface area (Å²) in [5, 5.41) is 3.30. The van der Waals surface area contributed by atoms with E-state index in [2.05, 4.69) is 19.9 Å². The van der Waals surface area contributed by atoms with Crippen molar-refractivity contribution in [1.29, 1.82) is 0 Å². The number of rotatable bonds is 1. The van der Waals surface area contributed by atoms with Crippen molar-refractivity contribution >= 4 is 0 Å². The molecule has 0 spiro atoms. The second kappa shape index (κ2) is 3.20. The van der Waals surface area contributed by atoms with Gasteiger partial charge in [-0.05, 0) is 0 Å². The van der Waals surface area contributed by atoms with Gasteiger partial charge in [0.1, 0.15) is 11.5 Å². The molecule has 78 valence electrons. The van der Waals surface area contributed by atoms with Crippen molar-refractivity contribution in [3.8, 4) is 11.5 Å².